The second-order valence-corrected chi connectivity index (χ2v) is 7.68. The van der Waals surface area contributed by atoms with Gasteiger partial charge in [0, 0.05) is 34.9 Å². The molecule has 0 amide bonds. The zero-order valence-electron chi connectivity index (χ0n) is 17.6. The molecule has 0 N–H and O–H groups in total. The summed E-state index contributed by atoms with van der Waals surface area (Å²) in [6.07, 6.45) is 6.80. The predicted octanol–water partition coefficient (Wildman–Crippen LogP) is 5.09. The summed E-state index contributed by atoms with van der Waals surface area (Å²) in [5.74, 6) is 1.13. The molecule has 5 rings (SSSR count). The lowest BCUT2D eigenvalue weighted by atomic mass is 9.82. The summed E-state index contributed by atoms with van der Waals surface area (Å²) < 4.78 is 10.8. The van der Waals surface area contributed by atoms with Gasteiger partial charge in [0.25, 0.3) is 0 Å². The van der Waals surface area contributed by atoms with E-state index in [1.807, 2.05) is 55.6 Å². The summed E-state index contributed by atoms with van der Waals surface area (Å²) in [7, 11) is 3.24. The van der Waals surface area contributed by atoms with Crippen LogP contribution >= 0.6 is 0 Å². The van der Waals surface area contributed by atoms with Gasteiger partial charge in [-0.3, -0.25) is 9.59 Å². The van der Waals surface area contributed by atoms with Crippen LogP contribution in [0, 0.1) is 6.92 Å². The maximum atomic E-state index is 12.7. The molecule has 1 aliphatic carbocycles. The van der Waals surface area contributed by atoms with Crippen molar-refractivity contribution in [1.29, 1.82) is 0 Å². The topological polar surface area (TPSA) is 55.8 Å². The molecule has 0 aromatic heterocycles. The van der Waals surface area contributed by atoms with E-state index in [-0.39, 0.29) is 11.6 Å². The molecular formula is C26H21NO4. The molecule has 0 fully saturated rings. The van der Waals surface area contributed by atoms with Crippen LogP contribution in [0.4, 0.5) is 5.69 Å². The molecular weight excluding hydrogens is 390 g/mol. The standard InChI is InChI=1S/C26H21NO4/c1-15-17-11-12-27(14-16-7-10-22(30-2)23(13-16)31-3)19-6-4-5-18(25(17)19)26-21(29)9-8-20(28)24(15)26/h4-13H,14H2,1-3H3. The first-order valence-electron chi connectivity index (χ1n) is 10.0. The summed E-state index contributed by atoms with van der Waals surface area (Å²) >= 11 is 0. The van der Waals surface area contributed by atoms with E-state index in [9.17, 15) is 9.59 Å². The third kappa shape index (κ3) is 2.85. The molecule has 1 aliphatic heterocycles. The summed E-state index contributed by atoms with van der Waals surface area (Å²) in [6, 6.07) is 11.8. The molecule has 0 saturated carbocycles. The number of nitrogens with zero attached hydrogens (tertiary/aromatic N) is 1. The Bertz CT molecular complexity index is 1330. The minimum atomic E-state index is -0.123. The molecule has 2 aliphatic rings. The zero-order chi connectivity index (χ0) is 21.7. The van der Waals surface area contributed by atoms with Crippen LogP contribution < -0.4 is 14.4 Å². The lowest BCUT2D eigenvalue weighted by molar-refractivity contribution is 0.0995. The molecule has 0 spiro atoms. The van der Waals surface area contributed by atoms with Crippen molar-refractivity contribution in [3.05, 3.63) is 82.6 Å². The maximum Gasteiger partial charge on any atom is 0.187 e. The monoisotopic (exact) mass is 411 g/mol. The van der Waals surface area contributed by atoms with Crippen LogP contribution in [0.1, 0.15) is 37.4 Å². The van der Waals surface area contributed by atoms with Gasteiger partial charge in [-0.2, -0.15) is 0 Å². The molecule has 31 heavy (non-hydrogen) atoms. The zero-order valence-corrected chi connectivity index (χ0v) is 17.6. The molecule has 0 unspecified atom stereocenters. The van der Waals surface area contributed by atoms with E-state index in [0.29, 0.717) is 29.2 Å². The quantitative estimate of drug-likeness (QED) is 0.598. The van der Waals surface area contributed by atoms with Gasteiger partial charge in [0.1, 0.15) is 0 Å². The van der Waals surface area contributed by atoms with Crippen molar-refractivity contribution >= 4 is 34.1 Å². The predicted molar refractivity (Wildman–Crippen MR) is 121 cm³/mol. The fraction of sp³-hybridized carbons (Fsp3) is 0.154. The Hall–Kier alpha value is -3.86. The van der Waals surface area contributed by atoms with Gasteiger partial charge >= 0.3 is 0 Å². The van der Waals surface area contributed by atoms with Crippen molar-refractivity contribution < 1.29 is 19.1 Å². The summed E-state index contributed by atoms with van der Waals surface area (Å²) in [4.78, 5) is 27.5. The Labute approximate surface area is 180 Å². The number of hydrogen-bond acceptors (Lipinski definition) is 5. The van der Waals surface area contributed by atoms with Crippen LogP contribution in [0.5, 0.6) is 11.5 Å². The van der Waals surface area contributed by atoms with Crippen LogP contribution in [0.3, 0.4) is 0 Å². The Morgan fingerprint density at radius 2 is 1.61 bits per heavy atom. The minimum absolute atomic E-state index is 0.114. The third-order valence-electron chi connectivity index (χ3n) is 6.02. The van der Waals surface area contributed by atoms with Gasteiger partial charge in [0.15, 0.2) is 23.1 Å². The highest BCUT2D eigenvalue weighted by Gasteiger charge is 2.29. The molecule has 0 atom stereocenters. The number of ether oxygens (including phenoxy) is 2. The lowest BCUT2D eigenvalue weighted by Gasteiger charge is -2.29. The smallest absolute Gasteiger partial charge is 0.187 e. The fourth-order valence-corrected chi connectivity index (χ4v) is 4.56. The largest absolute Gasteiger partial charge is 0.493 e. The Morgan fingerprint density at radius 3 is 2.35 bits per heavy atom. The molecule has 0 saturated heterocycles. The van der Waals surface area contributed by atoms with Gasteiger partial charge in [0.05, 0.1) is 14.2 Å². The third-order valence-corrected chi connectivity index (χ3v) is 6.02. The van der Waals surface area contributed by atoms with Crippen LogP contribution in [-0.2, 0) is 6.54 Å². The number of hydrogen-bond donors (Lipinski definition) is 0. The van der Waals surface area contributed by atoms with Crippen LogP contribution in [-0.4, -0.2) is 25.8 Å². The highest BCUT2D eigenvalue weighted by atomic mass is 16.5. The highest BCUT2D eigenvalue weighted by molar-refractivity contribution is 6.29. The van der Waals surface area contributed by atoms with E-state index in [4.69, 9.17) is 9.47 Å². The molecule has 0 radical (unpaired) electrons. The number of ketones is 2. The summed E-state index contributed by atoms with van der Waals surface area (Å²) in [6.45, 7) is 2.54. The Morgan fingerprint density at radius 1 is 0.871 bits per heavy atom. The number of anilines is 1. The van der Waals surface area contributed by atoms with Crippen molar-refractivity contribution in [2.75, 3.05) is 19.1 Å². The first kappa shape index (κ1) is 19.1. The van der Waals surface area contributed by atoms with Gasteiger partial charge in [0.2, 0.25) is 0 Å². The molecule has 5 heteroatoms. The number of fused-ring (bicyclic) bond motifs is 2. The van der Waals surface area contributed by atoms with E-state index in [1.54, 1.807) is 14.2 Å². The SMILES string of the molecule is COc1ccc(CN2C=Cc3c(C)c4c(c5cccc2c35)C(=O)C=CC4=O)cc1OC. The summed E-state index contributed by atoms with van der Waals surface area (Å²) in [5.41, 5.74) is 4.93. The molecule has 154 valence electrons. The van der Waals surface area contributed by atoms with E-state index in [2.05, 4.69) is 4.90 Å². The highest BCUT2D eigenvalue weighted by Crippen LogP contribution is 2.42. The van der Waals surface area contributed by atoms with Crippen LogP contribution in [0.25, 0.3) is 16.8 Å². The van der Waals surface area contributed by atoms with E-state index >= 15 is 0 Å². The first-order valence-corrected chi connectivity index (χ1v) is 10.0. The van der Waals surface area contributed by atoms with Crippen molar-refractivity contribution in [2.24, 2.45) is 0 Å². The van der Waals surface area contributed by atoms with Gasteiger partial charge < -0.3 is 14.4 Å². The number of carbonyl (C=O) groups excluding carboxylic acids is 2. The normalized spacial score (nSPS) is 14.2. The summed E-state index contributed by atoms with van der Waals surface area (Å²) in [5, 5.41) is 1.82. The van der Waals surface area contributed by atoms with Gasteiger partial charge in [-0.25, -0.2) is 0 Å². The molecule has 1 heterocycles. The number of benzene rings is 3. The average molecular weight is 411 g/mol. The number of rotatable bonds is 4. The fourth-order valence-electron chi connectivity index (χ4n) is 4.56. The number of carbonyl (C=O) groups is 2. The van der Waals surface area contributed by atoms with Crippen LogP contribution in [0.15, 0.2) is 54.8 Å². The molecule has 5 nitrogen and oxygen atoms in total. The van der Waals surface area contributed by atoms with Gasteiger partial charge in [-0.1, -0.05) is 18.2 Å². The second kappa shape index (κ2) is 7.13. The number of methoxy groups -OCH3 is 2. The molecule has 0 bridgehead atoms. The van der Waals surface area contributed by atoms with Crippen molar-refractivity contribution in [2.45, 2.75) is 13.5 Å². The van der Waals surface area contributed by atoms with Crippen LogP contribution in [0.2, 0.25) is 0 Å². The lowest BCUT2D eigenvalue weighted by Crippen LogP contribution is -2.21. The first-order chi connectivity index (χ1) is 15.0. The molecule has 3 aromatic rings. The number of allylic oxidation sites excluding steroid dienone is 2. The van der Waals surface area contributed by atoms with Gasteiger partial charge in [-0.05, 0) is 65.4 Å². The van der Waals surface area contributed by atoms with Crippen molar-refractivity contribution in [1.82, 2.24) is 0 Å². The van der Waals surface area contributed by atoms with Crippen molar-refractivity contribution in [3.63, 3.8) is 0 Å². The second-order valence-electron chi connectivity index (χ2n) is 7.68. The maximum absolute atomic E-state index is 12.7. The Kier molecular flexibility index (Phi) is 4.40. The van der Waals surface area contributed by atoms with E-state index in [1.165, 1.54) is 12.2 Å². The van der Waals surface area contributed by atoms with E-state index < -0.39 is 0 Å². The van der Waals surface area contributed by atoms with Crippen molar-refractivity contribution in [3.8, 4) is 11.5 Å². The minimum Gasteiger partial charge on any atom is -0.493 e. The Balaban J connectivity index is 1.66. The van der Waals surface area contributed by atoms with E-state index in [0.717, 1.165) is 33.2 Å². The average Bonchev–Trinajstić information content (AvgIpc) is 2.79. The van der Waals surface area contributed by atoms with Gasteiger partial charge in [-0.15, -0.1) is 0 Å². The molecule has 3 aromatic carbocycles.